The molecule has 1 fully saturated rings. The third-order valence-corrected chi connectivity index (χ3v) is 2.92. The number of non-ortho nitro benzene ring substituents is 1. The summed E-state index contributed by atoms with van der Waals surface area (Å²) in [6, 6.07) is 3.74. The molecule has 2 rings (SSSR count). The van der Waals surface area contributed by atoms with Crippen LogP contribution in [0.25, 0.3) is 0 Å². The minimum atomic E-state index is -0.631. The lowest BCUT2D eigenvalue weighted by atomic mass is 10.1. The molecule has 1 saturated carbocycles. The largest absolute Gasteiger partial charge is 0.312 e. The van der Waals surface area contributed by atoms with Crippen LogP contribution in [0.1, 0.15) is 18.4 Å². The monoisotopic (exact) mass is 251 g/mol. The summed E-state index contributed by atoms with van der Waals surface area (Å²) in [7, 11) is 0. The number of hydrogen-bond acceptors (Lipinski definition) is 5. The molecule has 0 saturated heterocycles. The van der Waals surface area contributed by atoms with Gasteiger partial charge in [0.1, 0.15) is 0 Å². The highest BCUT2D eigenvalue weighted by Gasteiger charge is 2.22. The molecule has 0 spiro atoms. The van der Waals surface area contributed by atoms with Crippen LogP contribution < -0.4 is 5.32 Å². The third-order valence-electron chi connectivity index (χ3n) is 2.92. The van der Waals surface area contributed by atoms with Crippen LogP contribution >= 0.6 is 0 Å². The first-order valence-electron chi connectivity index (χ1n) is 5.70. The summed E-state index contributed by atoms with van der Waals surface area (Å²) in [5, 5.41) is 24.6. The molecule has 0 unspecified atom stereocenters. The highest BCUT2D eigenvalue weighted by molar-refractivity contribution is 5.49. The molecular formula is C11H13N3O4. The lowest BCUT2D eigenvalue weighted by molar-refractivity contribution is -0.394. The van der Waals surface area contributed by atoms with Crippen molar-refractivity contribution in [2.75, 3.05) is 6.54 Å². The third kappa shape index (κ3) is 3.01. The molecule has 96 valence electrons. The zero-order chi connectivity index (χ0) is 13.1. The SMILES string of the molecule is O=[N+]([O-])c1ccc(CNCC2CC2)c([N+](=O)[O-])c1. The second-order valence-corrected chi connectivity index (χ2v) is 4.40. The van der Waals surface area contributed by atoms with Crippen molar-refractivity contribution in [3.8, 4) is 0 Å². The predicted octanol–water partition coefficient (Wildman–Crippen LogP) is 2.00. The number of hydrogen-bond donors (Lipinski definition) is 1. The maximum Gasteiger partial charge on any atom is 0.280 e. The average molecular weight is 251 g/mol. The Morgan fingerprint density at radius 3 is 2.50 bits per heavy atom. The van der Waals surface area contributed by atoms with Gasteiger partial charge in [-0.15, -0.1) is 0 Å². The summed E-state index contributed by atoms with van der Waals surface area (Å²) in [5.41, 5.74) is 0.0198. The Hall–Kier alpha value is -2.02. The molecule has 1 aromatic rings. The van der Waals surface area contributed by atoms with Crippen molar-refractivity contribution in [1.29, 1.82) is 0 Å². The molecule has 0 bridgehead atoms. The fraction of sp³-hybridized carbons (Fsp3) is 0.455. The molecule has 0 aliphatic heterocycles. The highest BCUT2D eigenvalue weighted by Crippen LogP contribution is 2.28. The van der Waals surface area contributed by atoms with Crippen molar-refractivity contribution in [2.24, 2.45) is 5.92 Å². The molecule has 0 aromatic heterocycles. The fourth-order valence-electron chi connectivity index (χ4n) is 1.72. The standard InChI is InChI=1S/C11H13N3O4/c15-13(16)10-4-3-9(11(5-10)14(17)18)7-12-6-8-1-2-8/h3-5,8,12H,1-2,6-7H2. The number of nitro groups is 2. The molecule has 1 aliphatic carbocycles. The average Bonchev–Trinajstić information content (AvgIpc) is 3.13. The first-order chi connectivity index (χ1) is 8.58. The van der Waals surface area contributed by atoms with Crippen molar-refractivity contribution in [1.82, 2.24) is 5.32 Å². The summed E-state index contributed by atoms with van der Waals surface area (Å²) in [4.78, 5) is 20.2. The maximum atomic E-state index is 10.9. The Bertz CT molecular complexity index is 485. The Kier molecular flexibility index (Phi) is 3.52. The van der Waals surface area contributed by atoms with Crippen molar-refractivity contribution < 1.29 is 9.85 Å². The van der Waals surface area contributed by atoms with Crippen molar-refractivity contribution in [2.45, 2.75) is 19.4 Å². The number of nitrogens with zero attached hydrogens (tertiary/aromatic N) is 2. The molecular weight excluding hydrogens is 238 g/mol. The minimum absolute atomic E-state index is 0.201. The van der Waals surface area contributed by atoms with E-state index in [-0.39, 0.29) is 11.4 Å². The Morgan fingerprint density at radius 1 is 1.22 bits per heavy atom. The van der Waals surface area contributed by atoms with E-state index in [0.717, 1.165) is 12.6 Å². The Balaban J connectivity index is 2.11. The van der Waals surface area contributed by atoms with Crippen LogP contribution in [0.2, 0.25) is 0 Å². The highest BCUT2D eigenvalue weighted by atomic mass is 16.6. The number of nitrogens with one attached hydrogen (secondary N) is 1. The van der Waals surface area contributed by atoms with E-state index in [9.17, 15) is 20.2 Å². The van der Waals surface area contributed by atoms with E-state index in [1.54, 1.807) is 0 Å². The molecule has 7 nitrogen and oxygen atoms in total. The molecule has 0 radical (unpaired) electrons. The van der Waals surface area contributed by atoms with Gasteiger partial charge in [0, 0.05) is 18.2 Å². The van der Waals surface area contributed by atoms with Crippen LogP contribution in [0.5, 0.6) is 0 Å². The molecule has 1 aromatic carbocycles. The quantitative estimate of drug-likeness (QED) is 0.615. The smallest absolute Gasteiger partial charge is 0.280 e. The van der Waals surface area contributed by atoms with E-state index < -0.39 is 9.85 Å². The molecule has 1 N–H and O–H groups in total. The first-order valence-corrected chi connectivity index (χ1v) is 5.70. The van der Waals surface area contributed by atoms with E-state index in [2.05, 4.69) is 5.32 Å². The summed E-state index contributed by atoms with van der Waals surface area (Å²) in [6.07, 6.45) is 2.41. The number of rotatable bonds is 6. The van der Waals surface area contributed by atoms with Crippen LogP contribution in [0.4, 0.5) is 11.4 Å². The van der Waals surface area contributed by atoms with E-state index in [1.165, 1.54) is 25.0 Å². The second kappa shape index (κ2) is 5.09. The summed E-state index contributed by atoms with van der Waals surface area (Å²) in [5.74, 6) is 0.683. The zero-order valence-corrected chi connectivity index (χ0v) is 9.67. The summed E-state index contributed by atoms with van der Waals surface area (Å²) >= 11 is 0. The molecule has 0 heterocycles. The van der Waals surface area contributed by atoms with E-state index in [4.69, 9.17) is 0 Å². The van der Waals surface area contributed by atoms with Crippen LogP contribution in [-0.2, 0) is 6.54 Å². The van der Waals surface area contributed by atoms with E-state index in [1.807, 2.05) is 0 Å². The van der Waals surface area contributed by atoms with Gasteiger partial charge in [0.25, 0.3) is 11.4 Å². The lowest BCUT2D eigenvalue weighted by Gasteiger charge is -2.04. The normalized spacial score (nSPS) is 14.4. The minimum Gasteiger partial charge on any atom is -0.312 e. The fourth-order valence-corrected chi connectivity index (χ4v) is 1.72. The van der Waals surface area contributed by atoms with Gasteiger partial charge in [0.15, 0.2) is 0 Å². The van der Waals surface area contributed by atoms with Crippen molar-refractivity contribution in [3.63, 3.8) is 0 Å². The van der Waals surface area contributed by atoms with Gasteiger partial charge in [-0.1, -0.05) is 0 Å². The lowest BCUT2D eigenvalue weighted by Crippen LogP contribution is -2.17. The first kappa shape index (κ1) is 12.4. The summed E-state index contributed by atoms with van der Waals surface area (Å²) < 4.78 is 0. The van der Waals surface area contributed by atoms with Gasteiger partial charge >= 0.3 is 0 Å². The Morgan fingerprint density at radius 2 is 1.94 bits per heavy atom. The molecule has 0 amide bonds. The van der Waals surface area contributed by atoms with Crippen LogP contribution in [0.3, 0.4) is 0 Å². The van der Waals surface area contributed by atoms with Gasteiger partial charge in [0.2, 0.25) is 0 Å². The second-order valence-electron chi connectivity index (χ2n) is 4.40. The van der Waals surface area contributed by atoms with Crippen LogP contribution in [-0.4, -0.2) is 16.4 Å². The van der Waals surface area contributed by atoms with Crippen molar-refractivity contribution >= 4 is 11.4 Å². The van der Waals surface area contributed by atoms with E-state index >= 15 is 0 Å². The van der Waals surface area contributed by atoms with Crippen molar-refractivity contribution in [3.05, 3.63) is 44.0 Å². The maximum absolute atomic E-state index is 10.9. The van der Waals surface area contributed by atoms with Crippen LogP contribution in [0.15, 0.2) is 18.2 Å². The molecule has 1 aliphatic rings. The number of benzene rings is 1. The topological polar surface area (TPSA) is 98.3 Å². The van der Waals surface area contributed by atoms with Crippen LogP contribution in [0, 0.1) is 26.1 Å². The summed E-state index contributed by atoms with van der Waals surface area (Å²) in [6.45, 7) is 1.21. The zero-order valence-electron chi connectivity index (χ0n) is 9.67. The predicted molar refractivity (Wildman–Crippen MR) is 64.2 cm³/mol. The number of nitro benzene ring substituents is 2. The van der Waals surface area contributed by atoms with Gasteiger partial charge in [0.05, 0.1) is 15.9 Å². The molecule has 18 heavy (non-hydrogen) atoms. The van der Waals surface area contributed by atoms with Gasteiger partial charge < -0.3 is 5.32 Å². The van der Waals surface area contributed by atoms with Gasteiger partial charge in [-0.25, -0.2) is 0 Å². The van der Waals surface area contributed by atoms with Gasteiger partial charge in [-0.2, -0.15) is 0 Å². The van der Waals surface area contributed by atoms with Gasteiger partial charge in [-0.3, -0.25) is 20.2 Å². The molecule has 7 heteroatoms. The molecule has 0 atom stereocenters. The Labute approximate surface area is 103 Å². The van der Waals surface area contributed by atoms with E-state index in [0.29, 0.717) is 18.0 Å². The van der Waals surface area contributed by atoms with Gasteiger partial charge in [-0.05, 0) is 31.4 Å².